The number of anilines is 2. The smallest absolute Gasteiger partial charge is 0.356 e. The Labute approximate surface area is 176 Å². The van der Waals surface area contributed by atoms with E-state index in [1.54, 1.807) is 48.5 Å². The van der Waals surface area contributed by atoms with Gasteiger partial charge in [-0.25, -0.2) is 4.79 Å². The summed E-state index contributed by atoms with van der Waals surface area (Å²) in [5.74, 6) is -1.54. The molecule has 3 N–H and O–H groups in total. The first kappa shape index (κ1) is 18.4. The number of aromatic nitrogens is 2. The predicted octanol–water partition coefficient (Wildman–Crippen LogP) is 2.25. The molecule has 9 nitrogen and oxygen atoms in total. The Bertz CT molecular complexity index is 1320. The maximum atomic E-state index is 14.2. The van der Waals surface area contributed by atoms with E-state index in [9.17, 15) is 14.9 Å². The van der Waals surface area contributed by atoms with Gasteiger partial charge in [-0.1, -0.05) is 36.4 Å². The summed E-state index contributed by atoms with van der Waals surface area (Å²) in [5.41, 5.74) is 5.88. The van der Waals surface area contributed by atoms with Crippen LogP contribution in [0.5, 0.6) is 5.88 Å². The summed E-state index contributed by atoms with van der Waals surface area (Å²) in [6.07, 6.45) is 0. The molecule has 0 saturated heterocycles. The number of hydrogen-bond donors (Lipinski definition) is 2. The molecule has 2 aliphatic heterocycles. The summed E-state index contributed by atoms with van der Waals surface area (Å²) in [6, 6.07) is 18.1. The first-order valence-electron chi connectivity index (χ1n) is 9.30. The van der Waals surface area contributed by atoms with Crippen LogP contribution < -0.4 is 15.4 Å². The zero-order valence-electron chi connectivity index (χ0n) is 16.2. The molecular weight excluding hydrogens is 398 g/mol. The minimum absolute atomic E-state index is 0.0602. The second-order valence-corrected chi connectivity index (χ2v) is 6.97. The van der Waals surface area contributed by atoms with Crippen molar-refractivity contribution >= 4 is 23.3 Å². The number of aromatic amines is 1. The summed E-state index contributed by atoms with van der Waals surface area (Å²) in [6.45, 7) is 0. The summed E-state index contributed by atoms with van der Waals surface area (Å²) in [7, 11) is 1.21. The van der Waals surface area contributed by atoms with E-state index in [1.165, 1.54) is 12.0 Å². The second-order valence-electron chi connectivity index (χ2n) is 6.97. The molecule has 1 unspecified atom stereocenters. The van der Waals surface area contributed by atoms with E-state index in [0.717, 1.165) is 0 Å². The summed E-state index contributed by atoms with van der Waals surface area (Å²) in [5, 5.41) is 16.7. The van der Waals surface area contributed by atoms with Gasteiger partial charge in [0.05, 0.1) is 18.4 Å². The van der Waals surface area contributed by atoms with Crippen LogP contribution in [-0.4, -0.2) is 29.2 Å². The first-order valence-corrected chi connectivity index (χ1v) is 9.30. The average Bonchev–Trinajstić information content (AvgIpc) is 3.32. The van der Waals surface area contributed by atoms with Crippen LogP contribution in [0.4, 0.5) is 11.4 Å². The van der Waals surface area contributed by atoms with Crippen molar-refractivity contribution in [3.8, 4) is 11.9 Å². The number of hydrogen-bond acceptors (Lipinski definition) is 7. The van der Waals surface area contributed by atoms with Crippen LogP contribution in [0.25, 0.3) is 0 Å². The topological polar surface area (TPSA) is 134 Å². The molecule has 0 radical (unpaired) electrons. The molecule has 1 spiro atoms. The van der Waals surface area contributed by atoms with Crippen molar-refractivity contribution in [1.82, 2.24) is 10.2 Å². The molecule has 1 aromatic heterocycles. The number of methoxy groups -OCH3 is 1. The number of para-hydroxylation sites is 2. The number of H-pyrrole nitrogens is 1. The van der Waals surface area contributed by atoms with E-state index in [1.807, 2.05) is 12.1 Å². The van der Waals surface area contributed by atoms with Gasteiger partial charge < -0.3 is 15.2 Å². The van der Waals surface area contributed by atoms with Crippen molar-refractivity contribution in [2.75, 3.05) is 12.0 Å². The highest BCUT2D eigenvalue weighted by Gasteiger charge is 2.62. The first-order chi connectivity index (χ1) is 15.1. The highest BCUT2D eigenvalue weighted by atomic mass is 16.5. The van der Waals surface area contributed by atoms with Crippen LogP contribution in [0, 0.1) is 11.3 Å². The minimum Gasteiger partial charge on any atom is -0.464 e. The molecular formula is C22H15N5O4. The van der Waals surface area contributed by atoms with Crippen LogP contribution in [0.3, 0.4) is 0 Å². The number of carbonyl (C=O) groups excluding carboxylic acids is 2. The fourth-order valence-electron chi connectivity index (χ4n) is 4.30. The van der Waals surface area contributed by atoms with Crippen LogP contribution >= 0.6 is 0 Å². The molecule has 3 heterocycles. The van der Waals surface area contributed by atoms with Crippen molar-refractivity contribution in [3.05, 3.63) is 82.9 Å². The molecule has 9 heteroatoms. The highest BCUT2D eigenvalue weighted by Crippen LogP contribution is 2.57. The van der Waals surface area contributed by atoms with E-state index in [4.69, 9.17) is 15.2 Å². The molecule has 3 aromatic rings. The molecule has 31 heavy (non-hydrogen) atoms. The summed E-state index contributed by atoms with van der Waals surface area (Å²) < 4.78 is 10.4. The van der Waals surface area contributed by atoms with E-state index in [-0.39, 0.29) is 28.6 Å². The Morgan fingerprint density at radius 1 is 1.23 bits per heavy atom. The maximum absolute atomic E-state index is 14.2. The number of amides is 1. The lowest BCUT2D eigenvalue weighted by molar-refractivity contribution is -0.120. The molecule has 2 aliphatic rings. The van der Waals surface area contributed by atoms with Crippen LogP contribution in [0.1, 0.15) is 21.6 Å². The highest BCUT2D eigenvalue weighted by molar-refractivity contribution is 6.18. The fraction of sp³-hybridized carbons (Fsp3) is 0.0909. The van der Waals surface area contributed by atoms with Crippen molar-refractivity contribution < 1.29 is 19.1 Å². The van der Waals surface area contributed by atoms with Gasteiger partial charge in [-0.3, -0.25) is 14.8 Å². The summed E-state index contributed by atoms with van der Waals surface area (Å²) >= 11 is 0. The Morgan fingerprint density at radius 3 is 2.65 bits per heavy atom. The fourth-order valence-corrected chi connectivity index (χ4v) is 4.30. The normalized spacial score (nSPS) is 19.0. The third kappa shape index (κ3) is 2.21. The molecule has 152 valence electrons. The van der Waals surface area contributed by atoms with Crippen LogP contribution in [-0.2, 0) is 14.9 Å². The van der Waals surface area contributed by atoms with E-state index in [2.05, 4.69) is 10.2 Å². The SMILES string of the molecule is COC(=O)c1[nH]nc2c1C1(C(=O)N(c3ccccc3)c3ccccc31)C(C#N)=C(N)O2. The minimum atomic E-state index is -1.73. The quantitative estimate of drug-likeness (QED) is 0.615. The number of fused-ring (bicyclic) bond motifs is 4. The molecule has 0 bridgehead atoms. The number of rotatable bonds is 2. The van der Waals surface area contributed by atoms with Crippen LogP contribution in [0.15, 0.2) is 66.1 Å². The summed E-state index contributed by atoms with van der Waals surface area (Å²) in [4.78, 5) is 28.2. The lowest BCUT2D eigenvalue weighted by Crippen LogP contribution is -2.45. The lowest BCUT2D eigenvalue weighted by Gasteiger charge is -2.32. The Kier molecular flexibility index (Phi) is 3.85. The van der Waals surface area contributed by atoms with E-state index >= 15 is 0 Å². The van der Waals surface area contributed by atoms with Crippen molar-refractivity contribution in [3.63, 3.8) is 0 Å². The van der Waals surface area contributed by atoms with Crippen molar-refractivity contribution in [1.29, 1.82) is 5.26 Å². The average molecular weight is 413 g/mol. The lowest BCUT2D eigenvalue weighted by atomic mass is 9.69. The zero-order valence-corrected chi connectivity index (χ0v) is 16.2. The largest absolute Gasteiger partial charge is 0.464 e. The number of nitrogens with two attached hydrogens (primary N) is 1. The van der Waals surface area contributed by atoms with Crippen molar-refractivity contribution in [2.45, 2.75) is 5.41 Å². The number of benzene rings is 2. The molecule has 1 amide bonds. The van der Waals surface area contributed by atoms with Gasteiger partial charge in [-0.2, -0.15) is 5.26 Å². The molecule has 2 aromatic carbocycles. The van der Waals surface area contributed by atoms with Gasteiger partial charge in [0, 0.05) is 11.3 Å². The maximum Gasteiger partial charge on any atom is 0.356 e. The Hall–Kier alpha value is -4.58. The number of nitrogens with one attached hydrogen (secondary N) is 1. The Balaban J connectivity index is 1.91. The van der Waals surface area contributed by atoms with Gasteiger partial charge >= 0.3 is 5.97 Å². The monoisotopic (exact) mass is 413 g/mol. The van der Waals surface area contributed by atoms with Gasteiger partial charge in [-0.05, 0) is 18.2 Å². The van der Waals surface area contributed by atoms with E-state index < -0.39 is 17.3 Å². The van der Waals surface area contributed by atoms with Gasteiger partial charge in [0.1, 0.15) is 17.1 Å². The number of nitrogens with zero attached hydrogens (tertiary/aromatic N) is 3. The van der Waals surface area contributed by atoms with Gasteiger partial charge in [0.15, 0.2) is 5.69 Å². The number of nitriles is 1. The molecule has 0 saturated carbocycles. The Morgan fingerprint density at radius 2 is 1.94 bits per heavy atom. The number of ether oxygens (including phenoxy) is 2. The zero-order chi connectivity index (χ0) is 21.8. The molecule has 0 aliphatic carbocycles. The number of carbonyl (C=O) groups is 2. The van der Waals surface area contributed by atoms with Gasteiger partial charge in [-0.15, -0.1) is 5.10 Å². The molecule has 5 rings (SSSR count). The predicted molar refractivity (Wildman–Crippen MR) is 108 cm³/mol. The van der Waals surface area contributed by atoms with Gasteiger partial charge in [0.2, 0.25) is 11.8 Å². The van der Waals surface area contributed by atoms with Crippen LogP contribution in [0.2, 0.25) is 0 Å². The van der Waals surface area contributed by atoms with Crippen molar-refractivity contribution in [2.24, 2.45) is 5.73 Å². The standard InChI is InChI=1S/C22H15N5O4/c1-30-20(28)17-16-19(26-25-17)31-18(24)14(11-23)22(16)13-9-5-6-10-15(13)27(21(22)29)12-7-3-2-4-8-12/h2-10H,24H2,1H3,(H,25,26). The van der Waals surface area contributed by atoms with E-state index in [0.29, 0.717) is 16.9 Å². The molecule has 1 atom stereocenters. The molecule has 0 fully saturated rings. The third-order valence-corrected chi connectivity index (χ3v) is 5.52. The van der Waals surface area contributed by atoms with Gasteiger partial charge in [0.25, 0.3) is 5.91 Å². The number of esters is 1. The third-order valence-electron chi connectivity index (χ3n) is 5.52. The second kappa shape index (κ2) is 6.47.